The summed E-state index contributed by atoms with van der Waals surface area (Å²) in [5.74, 6) is 2.86. The maximum Gasteiger partial charge on any atom is 0.118 e. The number of furan rings is 1. The monoisotopic (exact) mass is 353 g/mol. The summed E-state index contributed by atoms with van der Waals surface area (Å²) in [6.07, 6.45) is 0. The van der Waals surface area contributed by atoms with Crippen LogP contribution in [-0.4, -0.2) is 5.54 Å². The van der Waals surface area contributed by atoms with Gasteiger partial charge in [-0.3, -0.25) is 0 Å². The van der Waals surface area contributed by atoms with Crippen molar-refractivity contribution in [2.24, 2.45) is 0 Å². The van der Waals surface area contributed by atoms with Gasteiger partial charge in [0.2, 0.25) is 0 Å². The normalized spacial score (nSPS) is 11.8. The van der Waals surface area contributed by atoms with E-state index in [1.807, 2.05) is 12.1 Å². The van der Waals surface area contributed by atoms with Gasteiger partial charge in [-0.15, -0.1) is 11.8 Å². The van der Waals surface area contributed by atoms with Gasteiger partial charge in [-0.25, -0.2) is 0 Å². The summed E-state index contributed by atoms with van der Waals surface area (Å²) in [5.41, 5.74) is 0.109. The van der Waals surface area contributed by atoms with Crippen LogP contribution in [0, 0.1) is 0 Å². The Labute approximate surface area is 133 Å². The van der Waals surface area contributed by atoms with Crippen molar-refractivity contribution in [3.05, 3.63) is 52.4 Å². The van der Waals surface area contributed by atoms with E-state index in [1.54, 1.807) is 11.8 Å². The van der Waals surface area contributed by atoms with Crippen molar-refractivity contribution in [2.45, 2.75) is 43.5 Å². The van der Waals surface area contributed by atoms with E-state index in [0.29, 0.717) is 0 Å². The summed E-state index contributed by atoms with van der Waals surface area (Å²) in [4.78, 5) is 1.24. The Morgan fingerprint density at radius 2 is 1.90 bits per heavy atom. The Bertz CT molecular complexity index is 560. The van der Waals surface area contributed by atoms with Gasteiger partial charge in [0.1, 0.15) is 11.5 Å². The highest BCUT2D eigenvalue weighted by atomic mass is 79.9. The number of benzene rings is 1. The van der Waals surface area contributed by atoms with Gasteiger partial charge in [0, 0.05) is 14.9 Å². The molecule has 20 heavy (non-hydrogen) atoms. The molecule has 0 fully saturated rings. The Balaban J connectivity index is 1.87. The fraction of sp³-hybridized carbons (Fsp3) is 0.375. The summed E-state index contributed by atoms with van der Waals surface area (Å²) < 4.78 is 6.94. The maximum atomic E-state index is 5.84. The van der Waals surface area contributed by atoms with Crippen LogP contribution in [0.1, 0.15) is 32.3 Å². The molecule has 0 spiro atoms. The highest BCUT2D eigenvalue weighted by Gasteiger charge is 2.10. The molecule has 0 saturated heterocycles. The third kappa shape index (κ3) is 5.35. The van der Waals surface area contributed by atoms with Crippen molar-refractivity contribution >= 4 is 27.7 Å². The molecule has 0 amide bonds. The molecule has 108 valence electrons. The lowest BCUT2D eigenvalue weighted by Gasteiger charge is -2.19. The largest absolute Gasteiger partial charge is 0.464 e. The number of hydrogen-bond acceptors (Lipinski definition) is 3. The lowest BCUT2D eigenvalue weighted by molar-refractivity contribution is 0.382. The number of hydrogen-bond donors (Lipinski definition) is 1. The Hall–Kier alpha value is -0.710. The summed E-state index contributed by atoms with van der Waals surface area (Å²) in [6.45, 7) is 7.23. The van der Waals surface area contributed by atoms with Crippen LogP contribution in [0.15, 0.2) is 50.2 Å². The van der Waals surface area contributed by atoms with Crippen molar-refractivity contribution in [3.8, 4) is 0 Å². The van der Waals surface area contributed by atoms with E-state index in [4.69, 9.17) is 4.42 Å². The minimum atomic E-state index is 0.109. The molecule has 1 aromatic heterocycles. The maximum absolute atomic E-state index is 5.84. The zero-order valence-electron chi connectivity index (χ0n) is 12.1. The fourth-order valence-electron chi connectivity index (χ4n) is 1.66. The van der Waals surface area contributed by atoms with E-state index < -0.39 is 0 Å². The van der Waals surface area contributed by atoms with Crippen molar-refractivity contribution < 1.29 is 4.42 Å². The first-order valence-electron chi connectivity index (χ1n) is 6.63. The van der Waals surface area contributed by atoms with E-state index in [0.717, 1.165) is 28.3 Å². The summed E-state index contributed by atoms with van der Waals surface area (Å²) in [5, 5.41) is 3.43. The number of halogens is 1. The van der Waals surface area contributed by atoms with Gasteiger partial charge in [-0.05, 0) is 51.1 Å². The molecule has 0 aliphatic heterocycles. The number of nitrogens with one attached hydrogen (secondary N) is 1. The van der Waals surface area contributed by atoms with Crippen molar-refractivity contribution in [2.75, 3.05) is 0 Å². The molecule has 4 heteroatoms. The van der Waals surface area contributed by atoms with E-state index >= 15 is 0 Å². The fourth-order valence-corrected chi connectivity index (χ4v) is 3.06. The number of thioether (sulfide) groups is 1. The van der Waals surface area contributed by atoms with Crippen LogP contribution < -0.4 is 5.32 Å². The van der Waals surface area contributed by atoms with Crippen LogP contribution in [0.3, 0.4) is 0 Å². The molecule has 0 aliphatic rings. The lowest BCUT2D eigenvalue weighted by atomic mass is 10.1. The third-order valence-corrected chi connectivity index (χ3v) is 4.20. The second kappa shape index (κ2) is 6.83. The minimum Gasteiger partial charge on any atom is -0.464 e. The average Bonchev–Trinajstić information content (AvgIpc) is 2.81. The Morgan fingerprint density at radius 1 is 1.15 bits per heavy atom. The summed E-state index contributed by atoms with van der Waals surface area (Å²) in [6, 6.07) is 12.4. The summed E-state index contributed by atoms with van der Waals surface area (Å²) >= 11 is 5.27. The molecule has 2 rings (SSSR count). The quantitative estimate of drug-likeness (QED) is 0.745. The zero-order chi connectivity index (χ0) is 14.6. The first-order valence-corrected chi connectivity index (χ1v) is 8.41. The van der Waals surface area contributed by atoms with Gasteiger partial charge in [0.05, 0.1) is 12.3 Å². The van der Waals surface area contributed by atoms with Gasteiger partial charge in [0.25, 0.3) is 0 Å². The van der Waals surface area contributed by atoms with Gasteiger partial charge in [-0.2, -0.15) is 0 Å². The van der Waals surface area contributed by atoms with Crippen LogP contribution in [0.5, 0.6) is 0 Å². The predicted octanol–water partition coefficient (Wildman–Crippen LogP) is 5.22. The first kappa shape index (κ1) is 15.7. The van der Waals surface area contributed by atoms with Crippen molar-refractivity contribution in [3.63, 3.8) is 0 Å². The molecule has 0 saturated carbocycles. The molecule has 1 N–H and O–H groups in total. The lowest BCUT2D eigenvalue weighted by Crippen LogP contribution is -2.34. The second-order valence-corrected chi connectivity index (χ2v) is 7.68. The molecule has 0 radical (unpaired) electrons. The van der Waals surface area contributed by atoms with Crippen molar-refractivity contribution in [1.82, 2.24) is 5.32 Å². The van der Waals surface area contributed by atoms with E-state index in [1.165, 1.54) is 4.90 Å². The van der Waals surface area contributed by atoms with Crippen LogP contribution >= 0.6 is 27.7 Å². The molecule has 0 unspecified atom stereocenters. The first-order chi connectivity index (χ1) is 9.42. The molecule has 0 bridgehead atoms. The SMILES string of the molecule is CC(C)(C)NCc1ccc(CSc2cccc(Br)c2)o1. The van der Waals surface area contributed by atoms with Crippen LogP contribution in [0.25, 0.3) is 0 Å². The average molecular weight is 354 g/mol. The van der Waals surface area contributed by atoms with Crippen LogP contribution in [-0.2, 0) is 12.3 Å². The zero-order valence-corrected chi connectivity index (χ0v) is 14.5. The second-order valence-electron chi connectivity index (χ2n) is 5.72. The standard InChI is InChI=1S/C16H20BrNOS/c1-16(2,3)18-10-13-7-8-14(19-13)11-20-15-6-4-5-12(17)9-15/h4-9,18H,10-11H2,1-3H3. The van der Waals surface area contributed by atoms with Crippen LogP contribution in [0.2, 0.25) is 0 Å². The van der Waals surface area contributed by atoms with Crippen molar-refractivity contribution in [1.29, 1.82) is 0 Å². The van der Waals surface area contributed by atoms with Gasteiger partial charge in [0.15, 0.2) is 0 Å². The highest BCUT2D eigenvalue weighted by molar-refractivity contribution is 9.10. The number of rotatable bonds is 5. The topological polar surface area (TPSA) is 25.2 Å². The van der Waals surface area contributed by atoms with Gasteiger partial charge >= 0.3 is 0 Å². The van der Waals surface area contributed by atoms with E-state index in [9.17, 15) is 0 Å². The molecule has 2 nitrogen and oxygen atoms in total. The molecular weight excluding hydrogens is 334 g/mol. The van der Waals surface area contributed by atoms with Gasteiger partial charge < -0.3 is 9.73 Å². The molecular formula is C16H20BrNOS. The van der Waals surface area contributed by atoms with E-state index in [2.05, 4.69) is 66.3 Å². The minimum absolute atomic E-state index is 0.109. The Morgan fingerprint density at radius 3 is 2.60 bits per heavy atom. The molecule has 1 aromatic carbocycles. The highest BCUT2D eigenvalue weighted by Crippen LogP contribution is 2.26. The summed E-state index contributed by atoms with van der Waals surface area (Å²) in [7, 11) is 0. The van der Waals surface area contributed by atoms with Crippen LogP contribution in [0.4, 0.5) is 0 Å². The molecule has 0 atom stereocenters. The predicted molar refractivity (Wildman–Crippen MR) is 89.0 cm³/mol. The molecule has 1 heterocycles. The van der Waals surface area contributed by atoms with E-state index in [-0.39, 0.29) is 5.54 Å². The smallest absolute Gasteiger partial charge is 0.118 e. The van der Waals surface area contributed by atoms with Gasteiger partial charge in [-0.1, -0.05) is 22.0 Å². The molecule has 0 aliphatic carbocycles. The molecule has 2 aromatic rings. The third-order valence-electron chi connectivity index (χ3n) is 2.69. The Kier molecular flexibility index (Phi) is 5.35.